The number of alkyl halides is 3. The summed E-state index contributed by atoms with van der Waals surface area (Å²) in [7, 11) is 0. The van der Waals surface area contributed by atoms with E-state index in [0.29, 0.717) is 16.7 Å². The summed E-state index contributed by atoms with van der Waals surface area (Å²) >= 11 is 0. The number of rotatable bonds is 9. The first-order valence-electron chi connectivity index (χ1n) is 14.0. The highest BCUT2D eigenvalue weighted by molar-refractivity contribution is 6.11. The van der Waals surface area contributed by atoms with Gasteiger partial charge >= 0.3 is 12.1 Å². The van der Waals surface area contributed by atoms with Crippen LogP contribution < -0.4 is 10.6 Å². The lowest BCUT2D eigenvalue weighted by molar-refractivity contribution is -0.137. The predicted molar refractivity (Wildman–Crippen MR) is 166 cm³/mol. The molecule has 0 fully saturated rings. The lowest BCUT2D eigenvalue weighted by Crippen LogP contribution is -2.28. The summed E-state index contributed by atoms with van der Waals surface area (Å²) in [6, 6.07) is 34.0. The summed E-state index contributed by atoms with van der Waals surface area (Å²) in [6.07, 6.45) is -4.48. The average Bonchev–Trinajstić information content (AvgIpc) is 3.07. The van der Waals surface area contributed by atoms with E-state index in [1.807, 2.05) is 42.5 Å². The van der Waals surface area contributed by atoms with E-state index in [2.05, 4.69) is 10.6 Å². The lowest BCUT2D eigenvalue weighted by Gasteiger charge is -2.14. The molecule has 9 heteroatoms. The Morgan fingerprint density at radius 1 is 0.578 bits per heavy atom. The molecule has 0 bridgehead atoms. The van der Waals surface area contributed by atoms with Gasteiger partial charge in [0.15, 0.2) is 0 Å². The maximum absolute atomic E-state index is 13.3. The summed E-state index contributed by atoms with van der Waals surface area (Å²) in [5.74, 6) is -1.58. The first kappa shape index (κ1) is 30.7. The number of para-hydroxylation sites is 1. The van der Waals surface area contributed by atoms with Crippen LogP contribution in [0.5, 0.6) is 0 Å². The van der Waals surface area contributed by atoms with Gasteiger partial charge in [-0.2, -0.15) is 13.2 Å². The Hall–Kier alpha value is -5.70. The van der Waals surface area contributed by atoms with Crippen LogP contribution in [0.4, 0.5) is 18.9 Å². The number of carbonyl (C=O) groups excluding carboxylic acids is 3. The molecule has 0 spiro atoms. The van der Waals surface area contributed by atoms with E-state index in [0.717, 1.165) is 23.3 Å². The highest BCUT2D eigenvalue weighted by atomic mass is 19.4. The fourth-order valence-electron chi connectivity index (χ4n) is 4.76. The third-order valence-electron chi connectivity index (χ3n) is 6.97. The summed E-state index contributed by atoms with van der Waals surface area (Å²) in [4.78, 5) is 39.2. The maximum Gasteiger partial charge on any atom is 0.416 e. The van der Waals surface area contributed by atoms with Crippen LogP contribution in [-0.2, 0) is 10.9 Å². The molecule has 0 aliphatic heterocycles. The Bertz CT molecular complexity index is 1820. The van der Waals surface area contributed by atoms with Crippen molar-refractivity contribution < 1.29 is 32.3 Å². The Labute approximate surface area is 257 Å². The molecule has 0 aliphatic carbocycles. The van der Waals surface area contributed by atoms with Crippen LogP contribution in [0.2, 0.25) is 0 Å². The zero-order valence-corrected chi connectivity index (χ0v) is 23.8. The minimum atomic E-state index is -4.48. The zero-order valence-electron chi connectivity index (χ0n) is 23.8. The monoisotopic (exact) mass is 608 g/mol. The number of benzene rings is 5. The normalized spacial score (nSPS) is 11.0. The standard InChI is InChI=1S/C36H27F3N2O4/c37-36(38,39)26-20-18-25(19-21-26)28-13-5-7-15-30(28)34(43)41-32-17-9-8-16-31(32)35(44)45-23-22-40-33(42)29-14-6-4-12-27(29)24-10-2-1-3-11-24/h1-21H,22-23H2,(H,40,42)(H,41,43). The van der Waals surface area contributed by atoms with Gasteiger partial charge in [0, 0.05) is 11.1 Å². The van der Waals surface area contributed by atoms with Crippen LogP contribution >= 0.6 is 0 Å². The second-order valence-electron chi connectivity index (χ2n) is 9.92. The van der Waals surface area contributed by atoms with Crippen LogP contribution in [-0.4, -0.2) is 30.9 Å². The van der Waals surface area contributed by atoms with E-state index < -0.39 is 23.6 Å². The topological polar surface area (TPSA) is 84.5 Å². The molecule has 5 rings (SSSR count). The Balaban J connectivity index is 1.22. The fraction of sp³-hybridized carbons (Fsp3) is 0.0833. The molecule has 0 heterocycles. The van der Waals surface area contributed by atoms with Crippen molar-refractivity contribution in [3.8, 4) is 22.3 Å². The number of carbonyl (C=O) groups is 3. The van der Waals surface area contributed by atoms with E-state index in [4.69, 9.17) is 4.74 Å². The van der Waals surface area contributed by atoms with Gasteiger partial charge in [0.25, 0.3) is 11.8 Å². The SMILES string of the molecule is O=C(OCCNC(=O)c1ccccc1-c1ccccc1)c1ccccc1NC(=O)c1ccccc1-c1ccc(C(F)(F)F)cc1. The number of amides is 2. The van der Waals surface area contributed by atoms with Crippen molar-refractivity contribution in [3.05, 3.63) is 150 Å². The second kappa shape index (κ2) is 13.7. The van der Waals surface area contributed by atoms with E-state index in [-0.39, 0.29) is 35.9 Å². The predicted octanol–water partition coefficient (Wildman–Crippen LogP) is 7.88. The van der Waals surface area contributed by atoms with Crippen LogP contribution in [0.15, 0.2) is 127 Å². The molecule has 0 unspecified atom stereocenters. The van der Waals surface area contributed by atoms with Crippen molar-refractivity contribution in [2.45, 2.75) is 6.18 Å². The third kappa shape index (κ3) is 7.45. The highest BCUT2D eigenvalue weighted by Crippen LogP contribution is 2.32. The van der Waals surface area contributed by atoms with Crippen molar-refractivity contribution in [2.24, 2.45) is 0 Å². The smallest absolute Gasteiger partial charge is 0.416 e. The van der Waals surface area contributed by atoms with Crippen molar-refractivity contribution in [2.75, 3.05) is 18.5 Å². The number of halogens is 3. The minimum absolute atomic E-state index is 0.0583. The Morgan fingerprint density at radius 2 is 1.09 bits per heavy atom. The fourth-order valence-corrected chi connectivity index (χ4v) is 4.76. The summed E-state index contributed by atoms with van der Waals surface area (Å²) < 4.78 is 44.5. The molecule has 45 heavy (non-hydrogen) atoms. The van der Waals surface area contributed by atoms with Gasteiger partial charge in [-0.3, -0.25) is 9.59 Å². The zero-order chi connectivity index (χ0) is 31.8. The summed E-state index contributed by atoms with van der Waals surface area (Å²) in [5, 5.41) is 5.49. The second-order valence-corrected chi connectivity index (χ2v) is 9.92. The number of hydrogen-bond donors (Lipinski definition) is 2. The molecule has 226 valence electrons. The van der Waals surface area contributed by atoms with Gasteiger partial charge in [-0.05, 0) is 58.7 Å². The largest absolute Gasteiger partial charge is 0.460 e. The molecule has 5 aromatic carbocycles. The number of hydrogen-bond acceptors (Lipinski definition) is 4. The van der Waals surface area contributed by atoms with Crippen LogP contribution in [0.1, 0.15) is 36.6 Å². The molecule has 0 saturated carbocycles. The van der Waals surface area contributed by atoms with Gasteiger partial charge in [0.2, 0.25) is 0 Å². The highest BCUT2D eigenvalue weighted by Gasteiger charge is 2.30. The van der Waals surface area contributed by atoms with Gasteiger partial charge < -0.3 is 15.4 Å². The van der Waals surface area contributed by atoms with Crippen LogP contribution in [0.3, 0.4) is 0 Å². The molecule has 5 aromatic rings. The van der Waals surface area contributed by atoms with Gasteiger partial charge in [0.05, 0.1) is 23.4 Å². The van der Waals surface area contributed by atoms with Crippen molar-refractivity contribution in [1.82, 2.24) is 5.32 Å². The quantitative estimate of drug-likeness (QED) is 0.132. The van der Waals surface area contributed by atoms with Crippen LogP contribution in [0, 0.1) is 0 Å². The van der Waals surface area contributed by atoms with E-state index in [9.17, 15) is 27.6 Å². The number of nitrogens with one attached hydrogen (secondary N) is 2. The number of ether oxygens (including phenoxy) is 1. The van der Waals surface area contributed by atoms with E-state index in [1.54, 1.807) is 48.5 Å². The molecule has 0 saturated heterocycles. The number of esters is 1. The summed E-state index contributed by atoms with van der Waals surface area (Å²) in [5.41, 5.74) is 2.71. The third-order valence-corrected chi connectivity index (χ3v) is 6.97. The molecule has 0 radical (unpaired) electrons. The van der Waals surface area contributed by atoms with Gasteiger partial charge in [0.1, 0.15) is 6.61 Å². The molecule has 2 amide bonds. The van der Waals surface area contributed by atoms with E-state index >= 15 is 0 Å². The Morgan fingerprint density at radius 3 is 1.71 bits per heavy atom. The van der Waals surface area contributed by atoms with Gasteiger partial charge in [-0.1, -0.05) is 91.0 Å². The molecule has 0 aliphatic rings. The first-order chi connectivity index (χ1) is 21.7. The Kier molecular flexibility index (Phi) is 9.38. The molecule has 0 aromatic heterocycles. The maximum atomic E-state index is 13.3. The molecular weight excluding hydrogens is 581 g/mol. The first-order valence-corrected chi connectivity index (χ1v) is 14.0. The van der Waals surface area contributed by atoms with Crippen LogP contribution in [0.25, 0.3) is 22.3 Å². The molecule has 2 N–H and O–H groups in total. The van der Waals surface area contributed by atoms with Crippen molar-refractivity contribution in [3.63, 3.8) is 0 Å². The van der Waals surface area contributed by atoms with Gasteiger partial charge in [-0.25, -0.2) is 4.79 Å². The minimum Gasteiger partial charge on any atom is -0.460 e. The molecule has 0 atom stereocenters. The summed E-state index contributed by atoms with van der Waals surface area (Å²) in [6.45, 7) is -0.0557. The molecule has 6 nitrogen and oxygen atoms in total. The van der Waals surface area contributed by atoms with Gasteiger partial charge in [-0.15, -0.1) is 0 Å². The van der Waals surface area contributed by atoms with E-state index in [1.165, 1.54) is 24.3 Å². The molecular formula is C36H27F3N2O4. The van der Waals surface area contributed by atoms with Crippen molar-refractivity contribution >= 4 is 23.5 Å². The van der Waals surface area contributed by atoms with Crippen molar-refractivity contribution in [1.29, 1.82) is 0 Å². The lowest BCUT2D eigenvalue weighted by atomic mass is 9.98. The average molecular weight is 609 g/mol. The number of anilines is 1.